The van der Waals surface area contributed by atoms with Crippen LogP contribution in [-0.2, 0) is 6.54 Å². The lowest BCUT2D eigenvalue weighted by atomic mass is 9.77. The SMILES string of the molecule is CC1CCCC(CO)(NCc2cc(Cl)ccc2Cl)C1. The molecule has 0 saturated heterocycles. The molecule has 1 fully saturated rings. The highest BCUT2D eigenvalue weighted by Crippen LogP contribution is 2.32. The van der Waals surface area contributed by atoms with Crippen LogP contribution in [-0.4, -0.2) is 17.3 Å². The van der Waals surface area contributed by atoms with Crippen LogP contribution in [0.5, 0.6) is 0 Å². The minimum Gasteiger partial charge on any atom is -0.394 e. The molecule has 0 amide bonds. The van der Waals surface area contributed by atoms with Gasteiger partial charge in [0.05, 0.1) is 6.61 Å². The third kappa shape index (κ3) is 3.85. The van der Waals surface area contributed by atoms with Crippen LogP contribution in [0.3, 0.4) is 0 Å². The predicted molar refractivity (Wildman–Crippen MR) is 80.8 cm³/mol. The molecule has 2 nitrogen and oxygen atoms in total. The number of hydrogen-bond donors (Lipinski definition) is 2. The normalized spacial score (nSPS) is 27.5. The number of benzene rings is 1. The van der Waals surface area contributed by atoms with Crippen molar-refractivity contribution >= 4 is 23.2 Å². The van der Waals surface area contributed by atoms with Gasteiger partial charge in [0.2, 0.25) is 0 Å². The molecule has 0 spiro atoms. The molecule has 106 valence electrons. The Kier molecular flexibility index (Phi) is 5.13. The summed E-state index contributed by atoms with van der Waals surface area (Å²) >= 11 is 12.2. The first-order chi connectivity index (χ1) is 9.04. The number of rotatable bonds is 4. The molecular formula is C15H21Cl2NO. The molecule has 0 heterocycles. The van der Waals surface area contributed by atoms with Crippen LogP contribution in [0.2, 0.25) is 10.0 Å². The average Bonchev–Trinajstić information content (AvgIpc) is 2.40. The highest BCUT2D eigenvalue weighted by molar-refractivity contribution is 6.33. The molecule has 0 aliphatic heterocycles. The average molecular weight is 302 g/mol. The van der Waals surface area contributed by atoms with Crippen molar-refractivity contribution in [2.24, 2.45) is 5.92 Å². The standard InChI is InChI=1S/C15H21Cl2NO/c1-11-3-2-6-15(8-11,10-19)18-9-12-7-13(16)4-5-14(12)17/h4-5,7,11,18-19H,2-3,6,8-10H2,1H3. The lowest BCUT2D eigenvalue weighted by Crippen LogP contribution is -2.51. The van der Waals surface area contributed by atoms with Gasteiger partial charge in [-0.1, -0.05) is 43.0 Å². The Morgan fingerprint density at radius 2 is 2.21 bits per heavy atom. The van der Waals surface area contributed by atoms with Gasteiger partial charge >= 0.3 is 0 Å². The third-order valence-electron chi connectivity index (χ3n) is 4.06. The molecule has 0 radical (unpaired) electrons. The topological polar surface area (TPSA) is 32.3 Å². The molecule has 2 unspecified atom stereocenters. The summed E-state index contributed by atoms with van der Waals surface area (Å²) in [4.78, 5) is 0. The summed E-state index contributed by atoms with van der Waals surface area (Å²) < 4.78 is 0. The zero-order chi connectivity index (χ0) is 13.9. The summed E-state index contributed by atoms with van der Waals surface area (Å²) in [7, 11) is 0. The zero-order valence-corrected chi connectivity index (χ0v) is 12.8. The second-order valence-electron chi connectivity index (χ2n) is 5.73. The summed E-state index contributed by atoms with van der Waals surface area (Å²) in [6.45, 7) is 3.07. The van der Waals surface area contributed by atoms with Crippen LogP contribution in [0.1, 0.15) is 38.2 Å². The van der Waals surface area contributed by atoms with E-state index >= 15 is 0 Å². The highest BCUT2D eigenvalue weighted by Gasteiger charge is 2.33. The summed E-state index contributed by atoms with van der Waals surface area (Å²) in [5, 5.41) is 14.7. The van der Waals surface area contributed by atoms with Crippen LogP contribution in [0, 0.1) is 5.92 Å². The maximum absolute atomic E-state index is 9.74. The predicted octanol–water partition coefficient (Wildman–Crippen LogP) is 4.02. The quantitative estimate of drug-likeness (QED) is 0.880. The molecule has 19 heavy (non-hydrogen) atoms. The zero-order valence-electron chi connectivity index (χ0n) is 11.3. The minimum atomic E-state index is -0.163. The van der Waals surface area contributed by atoms with E-state index < -0.39 is 0 Å². The van der Waals surface area contributed by atoms with Gasteiger partial charge in [-0.15, -0.1) is 0 Å². The molecule has 1 aliphatic carbocycles. The van der Waals surface area contributed by atoms with E-state index in [1.165, 1.54) is 6.42 Å². The third-order valence-corrected chi connectivity index (χ3v) is 4.66. The van der Waals surface area contributed by atoms with Gasteiger partial charge in [0.25, 0.3) is 0 Å². The summed E-state index contributed by atoms with van der Waals surface area (Å²) in [6.07, 6.45) is 4.45. The van der Waals surface area contributed by atoms with Crippen LogP contribution < -0.4 is 5.32 Å². The van der Waals surface area contributed by atoms with Gasteiger partial charge < -0.3 is 10.4 Å². The first kappa shape index (κ1) is 15.1. The van der Waals surface area contributed by atoms with Crippen molar-refractivity contribution in [3.05, 3.63) is 33.8 Å². The fourth-order valence-electron chi connectivity index (χ4n) is 2.98. The Morgan fingerprint density at radius 3 is 2.89 bits per heavy atom. The number of aliphatic hydroxyl groups is 1. The van der Waals surface area contributed by atoms with Gasteiger partial charge in [-0.05, 0) is 42.5 Å². The van der Waals surface area contributed by atoms with E-state index in [0.29, 0.717) is 22.5 Å². The van der Waals surface area contributed by atoms with Crippen molar-refractivity contribution in [1.82, 2.24) is 5.32 Å². The van der Waals surface area contributed by atoms with Crippen molar-refractivity contribution in [3.63, 3.8) is 0 Å². The second-order valence-corrected chi connectivity index (χ2v) is 6.57. The van der Waals surface area contributed by atoms with Crippen LogP contribution in [0.15, 0.2) is 18.2 Å². The molecule has 1 saturated carbocycles. The summed E-state index contributed by atoms with van der Waals surface area (Å²) in [6, 6.07) is 5.49. The van der Waals surface area contributed by atoms with Crippen LogP contribution >= 0.6 is 23.2 Å². The van der Waals surface area contributed by atoms with Crippen LogP contribution in [0.25, 0.3) is 0 Å². The Morgan fingerprint density at radius 1 is 1.42 bits per heavy atom. The van der Waals surface area contributed by atoms with Gasteiger partial charge in [0.15, 0.2) is 0 Å². The molecule has 2 atom stereocenters. The maximum Gasteiger partial charge on any atom is 0.0613 e. The van der Waals surface area contributed by atoms with Gasteiger partial charge in [0, 0.05) is 22.1 Å². The van der Waals surface area contributed by atoms with Crippen molar-refractivity contribution in [1.29, 1.82) is 0 Å². The maximum atomic E-state index is 9.74. The van der Waals surface area contributed by atoms with Crippen molar-refractivity contribution in [2.75, 3.05) is 6.61 Å². The van der Waals surface area contributed by atoms with E-state index in [2.05, 4.69) is 12.2 Å². The Balaban J connectivity index is 2.05. The lowest BCUT2D eigenvalue weighted by Gasteiger charge is -2.39. The number of nitrogens with one attached hydrogen (secondary N) is 1. The minimum absolute atomic E-state index is 0.163. The fourth-order valence-corrected chi connectivity index (χ4v) is 3.36. The number of hydrogen-bond acceptors (Lipinski definition) is 2. The first-order valence-corrected chi connectivity index (χ1v) is 7.60. The Hall–Kier alpha value is -0.280. The molecule has 0 bridgehead atoms. The van der Waals surface area contributed by atoms with Crippen molar-refractivity contribution in [2.45, 2.75) is 44.7 Å². The molecular weight excluding hydrogens is 281 g/mol. The van der Waals surface area contributed by atoms with Crippen molar-refractivity contribution in [3.8, 4) is 0 Å². The van der Waals surface area contributed by atoms with Crippen molar-refractivity contribution < 1.29 is 5.11 Å². The van der Waals surface area contributed by atoms with E-state index in [9.17, 15) is 5.11 Å². The summed E-state index contributed by atoms with van der Waals surface area (Å²) in [5.41, 5.74) is 0.823. The Labute approximate surface area is 125 Å². The molecule has 2 rings (SSSR count). The molecule has 1 aromatic carbocycles. The second kappa shape index (κ2) is 6.45. The van der Waals surface area contributed by atoms with E-state index in [1.54, 1.807) is 6.07 Å². The monoisotopic (exact) mass is 301 g/mol. The molecule has 1 aromatic rings. The smallest absolute Gasteiger partial charge is 0.0613 e. The number of halogens is 2. The Bertz CT molecular complexity index is 438. The molecule has 2 N–H and O–H groups in total. The summed E-state index contributed by atoms with van der Waals surface area (Å²) in [5.74, 6) is 0.656. The highest BCUT2D eigenvalue weighted by atomic mass is 35.5. The van der Waals surface area contributed by atoms with E-state index in [4.69, 9.17) is 23.2 Å². The lowest BCUT2D eigenvalue weighted by molar-refractivity contribution is 0.0982. The number of aliphatic hydroxyl groups excluding tert-OH is 1. The van der Waals surface area contributed by atoms with E-state index in [1.807, 2.05) is 12.1 Å². The first-order valence-electron chi connectivity index (χ1n) is 6.84. The largest absolute Gasteiger partial charge is 0.394 e. The van der Waals surface area contributed by atoms with Crippen LogP contribution in [0.4, 0.5) is 0 Å². The van der Waals surface area contributed by atoms with Gasteiger partial charge in [-0.3, -0.25) is 0 Å². The van der Waals surface area contributed by atoms with Gasteiger partial charge in [0.1, 0.15) is 0 Å². The molecule has 0 aromatic heterocycles. The molecule has 4 heteroatoms. The van der Waals surface area contributed by atoms with E-state index in [-0.39, 0.29) is 12.1 Å². The fraction of sp³-hybridized carbons (Fsp3) is 0.600. The van der Waals surface area contributed by atoms with Gasteiger partial charge in [-0.25, -0.2) is 0 Å². The van der Waals surface area contributed by atoms with Gasteiger partial charge in [-0.2, -0.15) is 0 Å². The van der Waals surface area contributed by atoms with E-state index in [0.717, 1.165) is 24.8 Å². The molecule has 1 aliphatic rings.